The van der Waals surface area contributed by atoms with Crippen LogP contribution in [0.15, 0.2) is 28.7 Å². The Hall–Kier alpha value is -2.21. The maximum absolute atomic E-state index is 11.8. The van der Waals surface area contributed by atoms with E-state index in [-0.39, 0.29) is 11.9 Å². The smallest absolute Gasteiger partial charge is 0.275 e. The lowest BCUT2D eigenvalue weighted by Gasteiger charge is -2.21. The highest BCUT2D eigenvalue weighted by molar-refractivity contribution is 5.76. The Balaban J connectivity index is 2.13. The summed E-state index contributed by atoms with van der Waals surface area (Å²) in [5.74, 6) is 1.11. The second kappa shape index (κ2) is 7.87. The largest absolute Gasteiger partial charge is 0.415 e. The zero-order valence-corrected chi connectivity index (χ0v) is 14.2. The van der Waals surface area contributed by atoms with Crippen LogP contribution >= 0.6 is 0 Å². The average Bonchev–Trinajstić information content (AvgIpc) is 3.02. The molecule has 0 bridgehead atoms. The molecule has 124 valence electrons. The number of quaternary nitrogens is 1. The molecule has 0 saturated heterocycles. The lowest BCUT2D eigenvalue weighted by molar-refractivity contribution is -0.921. The summed E-state index contributed by atoms with van der Waals surface area (Å²) in [5.41, 5.74) is 2.06. The molecule has 0 aliphatic carbocycles. The van der Waals surface area contributed by atoms with Gasteiger partial charge in [0.2, 0.25) is 5.89 Å². The van der Waals surface area contributed by atoms with Crippen LogP contribution in [-0.4, -0.2) is 35.7 Å². The summed E-state index contributed by atoms with van der Waals surface area (Å²) in [5, 5.41) is 11.2. The van der Waals surface area contributed by atoms with Gasteiger partial charge in [-0.25, -0.2) is 0 Å². The van der Waals surface area contributed by atoms with Gasteiger partial charge in [0, 0.05) is 12.1 Å². The van der Waals surface area contributed by atoms with Gasteiger partial charge in [0.15, 0.2) is 12.6 Å². The normalized spacial score (nSPS) is 13.6. The highest BCUT2D eigenvalue weighted by Gasteiger charge is 2.26. The van der Waals surface area contributed by atoms with Crippen molar-refractivity contribution >= 4 is 5.91 Å². The lowest BCUT2D eigenvalue weighted by Crippen LogP contribution is -3.12. The molecule has 0 aliphatic heterocycles. The molecule has 0 fully saturated rings. The van der Waals surface area contributed by atoms with Crippen molar-refractivity contribution in [2.45, 2.75) is 33.7 Å². The number of nitrogens with one attached hydrogen (secondary N) is 2. The number of hydrogen-bond donors (Lipinski definition) is 2. The summed E-state index contributed by atoms with van der Waals surface area (Å²) < 4.78 is 5.84. The van der Waals surface area contributed by atoms with Crippen molar-refractivity contribution in [1.82, 2.24) is 15.5 Å². The van der Waals surface area contributed by atoms with Crippen LogP contribution in [0.1, 0.15) is 38.3 Å². The van der Waals surface area contributed by atoms with E-state index in [2.05, 4.69) is 15.5 Å². The highest BCUT2D eigenvalue weighted by Crippen LogP contribution is 2.20. The molecule has 0 saturated carbocycles. The van der Waals surface area contributed by atoms with Crippen molar-refractivity contribution < 1.29 is 14.1 Å². The van der Waals surface area contributed by atoms with Crippen molar-refractivity contribution in [2.75, 3.05) is 19.6 Å². The molecule has 6 heteroatoms. The third-order valence-electron chi connectivity index (χ3n) is 3.90. The quantitative estimate of drug-likeness (QED) is 0.803. The molecular formula is C17H25N4O2+. The fraction of sp³-hybridized carbons (Fsp3) is 0.471. The molecular weight excluding hydrogens is 292 g/mol. The number of amides is 1. The van der Waals surface area contributed by atoms with Gasteiger partial charge in [0.1, 0.15) is 0 Å². The molecule has 6 nitrogen and oxygen atoms in total. The first-order valence-corrected chi connectivity index (χ1v) is 8.06. The van der Waals surface area contributed by atoms with Crippen LogP contribution in [0, 0.1) is 6.92 Å². The standard InChI is InChI=1S/C17H24N4O2/c1-5-18-15(22)11-21(6-2)13(4)16-19-20-17(23-16)14-9-7-8-12(3)10-14/h7-10,13H,5-6,11H2,1-4H3,(H,18,22)/p+1/t13-/m0/s1. The van der Waals surface area contributed by atoms with E-state index in [0.717, 1.165) is 22.6 Å². The number of aryl methyl sites for hydroxylation is 1. The molecule has 0 radical (unpaired) electrons. The van der Waals surface area contributed by atoms with Gasteiger partial charge < -0.3 is 14.6 Å². The Morgan fingerprint density at radius 3 is 2.78 bits per heavy atom. The van der Waals surface area contributed by atoms with Gasteiger partial charge in [0.05, 0.1) is 6.54 Å². The number of hydrogen-bond acceptors (Lipinski definition) is 4. The van der Waals surface area contributed by atoms with Crippen molar-refractivity contribution in [2.24, 2.45) is 0 Å². The van der Waals surface area contributed by atoms with Crippen LogP contribution in [0.4, 0.5) is 0 Å². The number of carbonyl (C=O) groups excluding carboxylic acids is 1. The summed E-state index contributed by atoms with van der Waals surface area (Å²) in [6, 6.07) is 7.93. The molecule has 1 aromatic heterocycles. The lowest BCUT2D eigenvalue weighted by atomic mass is 10.1. The van der Waals surface area contributed by atoms with E-state index in [4.69, 9.17) is 4.42 Å². The second-order valence-corrected chi connectivity index (χ2v) is 5.68. The predicted octanol–water partition coefficient (Wildman–Crippen LogP) is 1.15. The van der Waals surface area contributed by atoms with Gasteiger partial charge in [-0.3, -0.25) is 4.79 Å². The minimum atomic E-state index is -0.0336. The minimum absolute atomic E-state index is 0.0336. The van der Waals surface area contributed by atoms with E-state index in [1.165, 1.54) is 0 Å². The summed E-state index contributed by atoms with van der Waals surface area (Å²) in [7, 11) is 0. The molecule has 2 atom stereocenters. The topological polar surface area (TPSA) is 72.5 Å². The van der Waals surface area contributed by atoms with E-state index in [1.807, 2.05) is 52.0 Å². The molecule has 2 aromatic rings. The molecule has 2 N–H and O–H groups in total. The van der Waals surface area contributed by atoms with E-state index in [9.17, 15) is 4.79 Å². The molecule has 1 heterocycles. The Morgan fingerprint density at radius 2 is 2.13 bits per heavy atom. The van der Waals surface area contributed by atoms with E-state index in [1.54, 1.807) is 0 Å². The van der Waals surface area contributed by atoms with E-state index < -0.39 is 0 Å². The Morgan fingerprint density at radius 1 is 1.35 bits per heavy atom. The first kappa shape index (κ1) is 17.1. The maximum atomic E-state index is 11.8. The molecule has 1 amide bonds. The van der Waals surface area contributed by atoms with E-state index >= 15 is 0 Å². The highest BCUT2D eigenvalue weighted by atomic mass is 16.4. The summed E-state index contributed by atoms with van der Waals surface area (Å²) in [6.07, 6.45) is 0. The average molecular weight is 317 g/mol. The third-order valence-corrected chi connectivity index (χ3v) is 3.90. The maximum Gasteiger partial charge on any atom is 0.275 e. The van der Waals surface area contributed by atoms with Crippen LogP contribution in [0.25, 0.3) is 11.5 Å². The van der Waals surface area contributed by atoms with Crippen LogP contribution in [-0.2, 0) is 4.79 Å². The molecule has 0 aliphatic rings. The van der Waals surface area contributed by atoms with Crippen molar-refractivity contribution in [1.29, 1.82) is 0 Å². The van der Waals surface area contributed by atoms with Crippen molar-refractivity contribution in [3.05, 3.63) is 35.7 Å². The van der Waals surface area contributed by atoms with Crippen LogP contribution in [0.2, 0.25) is 0 Å². The molecule has 1 unspecified atom stereocenters. The fourth-order valence-electron chi connectivity index (χ4n) is 2.53. The zero-order valence-electron chi connectivity index (χ0n) is 14.2. The SMILES string of the molecule is CCNC(=O)C[NH+](CC)[C@@H](C)c1nnc(-c2cccc(C)c2)o1. The molecule has 1 aromatic carbocycles. The van der Waals surface area contributed by atoms with Crippen molar-refractivity contribution in [3.63, 3.8) is 0 Å². The van der Waals surface area contributed by atoms with Gasteiger partial charge in [-0.05, 0) is 39.8 Å². The molecule has 23 heavy (non-hydrogen) atoms. The number of rotatable bonds is 7. The molecule has 0 spiro atoms. The van der Waals surface area contributed by atoms with Crippen LogP contribution in [0.3, 0.4) is 0 Å². The van der Waals surface area contributed by atoms with Crippen molar-refractivity contribution in [3.8, 4) is 11.5 Å². The van der Waals surface area contributed by atoms with Crippen LogP contribution in [0.5, 0.6) is 0 Å². The van der Waals surface area contributed by atoms with Crippen LogP contribution < -0.4 is 10.2 Å². The summed E-state index contributed by atoms with van der Waals surface area (Å²) in [4.78, 5) is 12.9. The van der Waals surface area contributed by atoms with Gasteiger partial charge in [-0.1, -0.05) is 17.7 Å². The van der Waals surface area contributed by atoms with E-state index in [0.29, 0.717) is 24.9 Å². The predicted molar refractivity (Wildman–Crippen MR) is 87.9 cm³/mol. The summed E-state index contributed by atoms with van der Waals surface area (Å²) >= 11 is 0. The number of nitrogens with zero attached hydrogens (tertiary/aromatic N) is 2. The molecule has 2 rings (SSSR count). The minimum Gasteiger partial charge on any atom is -0.415 e. The second-order valence-electron chi connectivity index (χ2n) is 5.68. The summed E-state index contributed by atoms with van der Waals surface area (Å²) in [6.45, 7) is 9.84. The monoisotopic (exact) mass is 317 g/mol. The first-order valence-electron chi connectivity index (χ1n) is 8.06. The van der Waals surface area contributed by atoms with Gasteiger partial charge in [0.25, 0.3) is 11.8 Å². The number of aromatic nitrogens is 2. The van der Waals surface area contributed by atoms with Gasteiger partial charge in [-0.2, -0.15) is 0 Å². The number of likely N-dealkylation sites (N-methyl/N-ethyl adjacent to an activating group) is 2. The number of benzene rings is 1. The Labute approximate surface area is 136 Å². The zero-order chi connectivity index (χ0) is 16.8. The Kier molecular flexibility index (Phi) is 5.87. The van der Waals surface area contributed by atoms with Gasteiger partial charge >= 0.3 is 0 Å². The third kappa shape index (κ3) is 4.39. The first-order chi connectivity index (χ1) is 11.0. The fourth-order valence-corrected chi connectivity index (χ4v) is 2.53. The van der Waals surface area contributed by atoms with Gasteiger partial charge in [-0.15, -0.1) is 10.2 Å². The Bertz CT molecular complexity index is 654. The number of carbonyl (C=O) groups is 1.